The second-order valence-electron chi connectivity index (χ2n) is 7.82. The van der Waals surface area contributed by atoms with Gasteiger partial charge in [0.05, 0.1) is 23.7 Å². The van der Waals surface area contributed by atoms with Crippen molar-refractivity contribution in [1.29, 1.82) is 0 Å². The van der Waals surface area contributed by atoms with Crippen LogP contribution in [-0.2, 0) is 6.54 Å². The number of hydrogen-bond acceptors (Lipinski definition) is 4. The monoisotopic (exact) mass is 424 g/mol. The van der Waals surface area contributed by atoms with Crippen molar-refractivity contribution in [2.75, 3.05) is 0 Å². The van der Waals surface area contributed by atoms with E-state index in [1.807, 2.05) is 37.3 Å². The first-order valence-corrected chi connectivity index (χ1v) is 10.3. The number of hydrogen-bond donors (Lipinski definition) is 1. The zero-order chi connectivity index (χ0) is 22.2. The van der Waals surface area contributed by atoms with E-state index in [0.717, 1.165) is 11.0 Å². The summed E-state index contributed by atoms with van der Waals surface area (Å²) in [5.41, 5.74) is 2.73. The second-order valence-corrected chi connectivity index (χ2v) is 7.82. The molecule has 0 radical (unpaired) electrons. The summed E-state index contributed by atoms with van der Waals surface area (Å²) in [7, 11) is 0. The van der Waals surface area contributed by atoms with Crippen molar-refractivity contribution < 1.29 is 18.8 Å². The Bertz CT molecular complexity index is 1300. The molecule has 0 saturated heterocycles. The molecule has 158 valence electrons. The summed E-state index contributed by atoms with van der Waals surface area (Å²) in [6.45, 7) is 1.96. The highest BCUT2D eigenvalue weighted by molar-refractivity contribution is 6.21. The summed E-state index contributed by atoms with van der Waals surface area (Å²) in [4.78, 5) is 39.3. The molecule has 0 bridgehead atoms. The number of benzene rings is 3. The molecule has 0 saturated carbocycles. The first-order valence-electron chi connectivity index (χ1n) is 10.3. The van der Waals surface area contributed by atoms with Gasteiger partial charge in [0.1, 0.15) is 11.3 Å². The van der Waals surface area contributed by atoms with Gasteiger partial charge in [-0.05, 0) is 48.9 Å². The number of nitrogens with zero attached hydrogens (tertiary/aromatic N) is 1. The molecule has 32 heavy (non-hydrogen) atoms. The molecule has 0 spiro atoms. The topological polar surface area (TPSA) is 79.6 Å². The van der Waals surface area contributed by atoms with Crippen LogP contribution in [0.25, 0.3) is 11.0 Å². The van der Waals surface area contributed by atoms with E-state index in [4.69, 9.17) is 4.42 Å². The van der Waals surface area contributed by atoms with Gasteiger partial charge >= 0.3 is 0 Å². The number of nitrogens with one attached hydrogen (secondary N) is 1. The van der Waals surface area contributed by atoms with E-state index in [1.165, 1.54) is 4.90 Å². The summed E-state index contributed by atoms with van der Waals surface area (Å²) in [5.74, 6) is -0.234. The van der Waals surface area contributed by atoms with E-state index in [1.54, 1.807) is 48.5 Å². The molecule has 4 aromatic rings. The molecule has 1 atom stereocenters. The van der Waals surface area contributed by atoms with Gasteiger partial charge in [0.2, 0.25) is 0 Å². The van der Waals surface area contributed by atoms with Gasteiger partial charge in [0.15, 0.2) is 0 Å². The molecule has 1 aromatic heterocycles. The first-order chi connectivity index (χ1) is 15.5. The molecule has 1 aliphatic rings. The lowest BCUT2D eigenvalue weighted by molar-refractivity contribution is 0.0642. The molecule has 2 heterocycles. The number of fused-ring (bicyclic) bond motifs is 2. The van der Waals surface area contributed by atoms with Gasteiger partial charge in [0, 0.05) is 10.9 Å². The van der Waals surface area contributed by atoms with E-state index in [9.17, 15) is 14.4 Å². The van der Waals surface area contributed by atoms with Crippen LogP contribution in [0, 0.1) is 0 Å². The Hall–Kier alpha value is -4.19. The van der Waals surface area contributed by atoms with Crippen LogP contribution in [0.5, 0.6) is 0 Å². The lowest BCUT2D eigenvalue weighted by atomic mass is 10.1. The van der Waals surface area contributed by atoms with Crippen molar-refractivity contribution in [2.24, 2.45) is 0 Å². The fraction of sp³-hybridized carbons (Fsp3) is 0.115. The van der Waals surface area contributed by atoms with Gasteiger partial charge in [-0.2, -0.15) is 0 Å². The maximum Gasteiger partial charge on any atom is 0.261 e. The van der Waals surface area contributed by atoms with Crippen molar-refractivity contribution in [1.82, 2.24) is 10.2 Å². The molecule has 1 aliphatic heterocycles. The van der Waals surface area contributed by atoms with Gasteiger partial charge in [-0.25, -0.2) is 0 Å². The zero-order valence-corrected chi connectivity index (χ0v) is 17.4. The van der Waals surface area contributed by atoms with Crippen LogP contribution in [-0.4, -0.2) is 22.6 Å². The van der Waals surface area contributed by atoms with Crippen molar-refractivity contribution in [3.63, 3.8) is 0 Å². The molecule has 5 rings (SSSR count). The van der Waals surface area contributed by atoms with Gasteiger partial charge < -0.3 is 9.73 Å². The standard InChI is InChI=1S/C26H20N2O4/c1-16(23-14-18-8-2-5-12-22(18)32-23)27-24(29)19-9-6-7-17(13-19)15-28-25(30)20-10-3-4-11-21(20)26(28)31/h2-14,16H,15H2,1H3,(H,27,29). The molecule has 0 aliphatic carbocycles. The van der Waals surface area contributed by atoms with Crippen molar-refractivity contribution in [2.45, 2.75) is 19.5 Å². The van der Waals surface area contributed by atoms with E-state index in [-0.39, 0.29) is 30.3 Å². The molecule has 1 N–H and O–H groups in total. The Morgan fingerprint density at radius 2 is 1.59 bits per heavy atom. The van der Waals surface area contributed by atoms with Crippen LogP contribution >= 0.6 is 0 Å². The molecule has 0 fully saturated rings. The van der Waals surface area contributed by atoms with E-state index >= 15 is 0 Å². The second kappa shape index (κ2) is 7.81. The minimum Gasteiger partial charge on any atom is -0.459 e. The Labute approximate surface area is 184 Å². The number of imide groups is 1. The summed E-state index contributed by atoms with van der Waals surface area (Å²) >= 11 is 0. The first kappa shape index (κ1) is 19.8. The van der Waals surface area contributed by atoms with Crippen LogP contribution in [0.3, 0.4) is 0 Å². The number of rotatable bonds is 5. The third kappa shape index (κ3) is 3.46. The van der Waals surface area contributed by atoms with Crippen LogP contribution in [0.4, 0.5) is 0 Å². The molecule has 3 amide bonds. The highest BCUT2D eigenvalue weighted by Crippen LogP contribution is 2.25. The maximum absolute atomic E-state index is 12.8. The number of para-hydroxylation sites is 1. The molecular weight excluding hydrogens is 404 g/mol. The SMILES string of the molecule is CC(NC(=O)c1cccc(CN2C(=O)c3ccccc3C2=O)c1)c1cc2ccccc2o1. The lowest BCUT2D eigenvalue weighted by Crippen LogP contribution is -2.29. The van der Waals surface area contributed by atoms with Gasteiger partial charge in [-0.3, -0.25) is 19.3 Å². The van der Waals surface area contributed by atoms with Crippen LogP contribution in [0.2, 0.25) is 0 Å². The van der Waals surface area contributed by atoms with Gasteiger partial charge in [0.25, 0.3) is 17.7 Å². The third-order valence-corrected chi connectivity index (χ3v) is 5.63. The predicted octanol–water partition coefficient (Wildman–Crippen LogP) is 4.72. The smallest absolute Gasteiger partial charge is 0.261 e. The van der Waals surface area contributed by atoms with Crippen molar-refractivity contribution in [3.05, 3.63) is 107 Å². The highest BCUT2D eigenvalue weighted by atomic mass is 16.3. The van der Waals surface area contributed by atoms with E-state index < -0.39 is 0 Å². The van der Waals surface area contributed by atoms with Gasteiger partial charge in [-0.1, -0.05) is 42.5 Å². The van der Waals surface area contributed by atoms with Crippen LogP contribution < -0.4 is 5.32 Å². The maximum atomic E-state index is 12.8. The minimum atomic E-state index is -0.324. The Morgan fingerprint density at radius 3 is 2.31 bits per heavy atom. The number of carbonyl (C=O) groups is 3. The van der Waals surface area contributed by atoms with E-state index in [2.05, 4.69) is 5.32 Å². The molecular formula is C26H20N2O4. The fourth-order valence-electron chi connectivity index (χ4n) is 3.94. The number of carbonyl (C=O) groups excluding carboxylic acids is 3. The molecule has 6 nitrogen and oxygen atoms in total. The number of furan rings is 1. The number of amides is 3. The quantitative estimate of drug-likeness (QED) is 0.470. The summed E-state index contributed by atoms with van der Waals surface area (Å²) in [6.07, 6.45) is 0. The van der Waals surface area contributed by atoms with Crippen LogP contribution in [0.15, 0.2) is 83.3 Å². The normalized spacial score (nSPS) is 14.0. The minimum absolute atomic E-state index is 0.104. The molecule has 1 unspecified atom stereocenters. The molecule has 3 aromatic carbocycles. The summed E-state index contributed by atoms with van der Waals surface area (Å²) in [6, 6.07) is 23.0. The van der Waals surface area contributed by atoms with Crippen LogP contribution in [0.1, 0.15) is 55.4 Å². The fourth-order valence-corrected chi connectivity index (χ4v) is 3.94. The summed E-state index contributed by atoms with van der Waals surface area (Å²) < 4.78 is 5.84. The third-order valence-electron chi connectivity index (χ3n) is 5.63. The summed E-state index contributed by atoms with van der Waals surface area (Å²) in [5, 5.41) is 3.92. The predicted molar refractivity (Wildman–Crippen MR) is 119 cm³/mol. The Balaban J connectivity index is 1.31. The van der Waals surface area contributed by atoms with Crippen molar-refractivity contribution >= 4 is 28.7 Å². The Kier molecular flexibility index (Phi) is 4.82. The highest BCUT2D eigenvalue weighted by Gasteiger charge is 2.35. The average Bonchev–Trinajstić information content (AvgIpc) is 3.35. The Morgan fingerprint density at radius 1 is 0.906 bits per heavy atom. The average molecular weight is 424 g/mol. The largest absolute Gasteiger partial charge is 0.459 e. The van der Waals surface area contributed by atoms with E-state index in [0.29, 0.717) is 28.0 Å². The van der Waals surface area contributed by atoms with Gasteiger partial charge in [-0.15, -0.1) is 0 Å². The lowest BCUT2D eigenvalue weighted by Gasteiger charge is -2.15. The molecule has 6 heteroatoms. The zero-order valence-electron chi connectivity index (χ0n) is 17.4. The van der Waals surface area contributed by atoms with Crippen molar-refractivity contribution in [3.8, 4) is 0 Å².